The van der Waals surface area contributed by atoms with Crippen LogP contribution in [0.2, 0.25) is 10.0 Å². The number of rotatable bonds is 7. The summed E-state index contributed by atoms with van der Waals surface area (Å²) in [6.45, 7) is 1.58. The summed E-state index contributed by atoms with van der Waals surface area (Å²) < 4.78 is 44.2. The third-order valence-corrected chi connectivity index (χ3v) is 7.75. The number of benzene rings is 3. The van der Waals surface area contributed by atoms with E-state index in [0.717, 1.165) is 5.57 Å². The standard InChI is InChI=1S/C31H26Cl2F3NO2/c32-22-6-8-24(26(33)15-22)25-4-1-3-20-14-21(31(38)39)5-7-23(20)29(25)30-27(35)12-18(13-28(30)36)11-19-16-37(17-19)10-2-9-34/h5-8,11-15H,1-4,9-10,16-17H2,(H,38,39). The van der Waals surface area contributed by atoms with E-state index in [1.165, 1.54) is 18.2 Å². The van der Waals surface area contributed by atoms with Gasteiger partial charge in [0.2, 0.25) is 0 Å². The first-order chi connectivity index (χ1) is 18.7. The molecule has 1 fully saturated rings. The van der Waals surface area contributed by atoms with Crippen LogP contribution in [0.5, 0.6) is 0 Å². The van der Waals surface area contributed by atoms with Gasteiger partial charge >= 0.3 is 5.97 Å². The molecule has 39 heavy (non-hydrogen) atoms. The summed E-state index contributed by atoms with van der Waals surface area (Å²) in [5.74, 6) is -2.51. The fourth-order valence-electron chi connectivity index (χ4n) is 5.42. The Morgan fingerprint density at radius 3 is 2.36 bits per heavy atom. The van der Waals surface area contributed by atoms with E-state index in [2.05, 4.69) is 4.90 Å². The van der Waals surface area contributed by atoms with Crippen LogP contribution >= 0.6 is 23.2 Å². The summed E-state index contributed by atoms with van der Waals surface area (Å²) in [4.78, 5) is 13.7. The van der Waals surface area contributed by atoms with Crippen molar-refractivity contribution in [3.8, 4) is 0 Å². The topological polar surface area (TPSA) is 40.5 Å². The Hall–Kier alpha value is -3.06. The van der Waals surface area contributed by atoms with Gasteiger partial charge in [0.05, 0.1) is 17.8 Å². The predicted octanol–water partition coefficient (Wildman–Crippen LogP) is 8.32. The number of carboxylic acids is 1. The molecule has 2 aliphatic rings. The third kappa shape index (κ3) is 5.79. The first-order valence-corrected chi connectivity index (χ1v) is 13.5. The molecule has 1 aliphatic carbocycles. The number of aromatic carboxylic acids is 1. The van der Waals surface area contributed by atoms with Crippen LogP contribution < -0.4 is 0 Å². The predicted molar refractivity (Wildman–Crippen MR) is 150 cm³/mol. The zero-order chi connectivity index (χ0) is 27.7. The Balaban J connectivity index is 1.64. The largest absolute Gasteiger partial charge is 0.478 e. The van der Waals surface area contributed by atoms with E-state index >= 15 is 8.78 Å². The maximum absolute atomic E-state index is 15.9. The van der Waals surface area contributed by atoms with Gasteiger partial charge in [0, 0.05) is 29.7 Å². The molecule has 5 rings (SSSR count). The van der Waals surface area contributed by atoms with Crippen molar-refractivity contribution in [1.29, 1.82) is 0 Å². The summed E-state index contributed by atoms with van der Waals surface area (Å²) in [6, 6.07) is 12.3. The zero-order valence-electron chi connectivity index (χ0n) is 21.0. The lowest BCUT2D eigenvalue weighted by Crippen LogP contribution is -2.40. The quantitative estimate of drug-likeness (QED) is 0.310. The molecular formula is C31H26Cl2F3NO2. The fraction of sp³-hybridized carbons (Fsp3) is 0.258. The monoisotopic (exact) mass is 571 g/mol. The van der Waals surface area contributed by atoms with Gasteiger partial charge in [-0.25, -0.2) is 13.6 Å². The maximum atomic E-state index is 15.9. The maximum Gasteiger partial charge on any atom is 0.335 e. The molecule has 0 amide bonds. The Morgan fingerprint density at radius 2 is 1.69 bits per heavy atom. The van der Waals surface area contributed by atoms with Gasteiger partial charge in [-0.15, -0.1) is 0 Å². The minimum Gasteiger partial charge on any atom is -0.478 e. The normalized spacial score (nSPS) is 15.6. The molecule has 1 N–H and O–H groups in total. The number of hydrogen-bond acceptors (Lipinski definition) is 2. The van der Waals surface area contributed by atoms with Crippen LogP contribution in [-0.2, 0) is 6.42 Å². The molecule has 0 bridgehead atoms. The molecule has 0 spiro atoms. The van der Waals surface area contributed by atoms with Crippen molar-refractivity contribution in [2.24, 2.45) is 0 Å². The average Bonchev–Trinajstić information content (AvgIpc) is 3.04. The van der Waals surface area contributed by atoms with Crippen LogP contribution in [0.15, 0.2) is 54.1 Å². The highest BCUT2D eigenvalue weighted by Gasteiger charge is 2.27. The molecule has 3 aromatic carbocycles. The van der Waals surface area contributed by atoms with Gasteiger partial charge in [0.1, 0.15) is 11.6 Å². The first kappa shape index (κ1) is 27.5. The van der Waals surface area contributed by atoms with E-state index in [9.17, 15) is 14.3 Å². The second-order valence-electron chi connectivity index (χ2n) is 9.92. The van der Waals surface area contributed by atoms with Crippen LogP contribution in [0, 0.1) is 11.6 Å². The number of fused-ring (bicyclic) bond motifs is 1. The van der Waals surface area contributed by atoms with E-state index in [-0.39, 0.29) is 17.8 Å². The highest BCUT2D eigenvalue weighted by atomic mass is 35.5. The smallest absolute Gasteiger partial charge is 0.335 e. The van der Waals surface area contributed by atoms with Gasteiger partial charge in [-0.1, -0.05) is 41.4 Å². The molecule has 3 nitrogen and oxygen atoms in total. The van der Waals surface area contributed by atoms with E-state index in [1.807, 2.05) is 0 Å². The second-order valence-corrected chi connectivity index (χ2v) is 10.8. The molecule has 1 aliphatic heterocycles. The van der Waals surface area contributed by atoms with E-state index in [1.54, 1.807) is 36.4 Å². The van der Waals surface area contributed by atoms with E-state index < -0.39 is 17.6 Å². The number of carbonyl (C=O) groups is 1. The minimum absolute atomic E-state index is 0.116. The Bertz CT molecular complexity index is 1480. The van der Waals surface area contributed by atoms with Crippen molar-refractivity contribution < 1.29 is 23.1 Å². The molecule has 1 heterocycles. The zero-order valence-corrected chi connectivity index (χ0v) is 22.6. The molecule has 1 saturated heterocycles. The summed E-state index contributed by atoms with van der Waals surface area (Å²) in [5.41, 5.74) is 4.31. The number of likely N-dealkylation sites (tertiary alicyclic amines) is 1. The lowest BCUT2D eigenvalue weighted by atomic mass is 9.86. The highest BCUT2D eigenvalue weighted by Crippen LogP contribution is 2.44. The fourth-order valence-corrected chi connectivity index (χ4v) is 5.94. The number of carboxylic acid groups (broad SMARTS) is 1. The van der Waals surface area contributed by atoms with E-state index in [4.69, 9.17) is 23.2 Å². The van der Waals surface area contributed by atoms with Crippen molar-refractivity contribution in [1.82, 2.24) is 4.90 Å². The molecule has 0 atom stereocenters. The van der Waals surface area contributed by atoms with Crippen molar-refractivity contribution in [3.05, 3.63) is 109 Å². The van der Waals surface area contributed by atoms with Gasteiger partial charge in [0.25, 0.3) is 0 Å². The number of hydrogen-bond donors (Lipinski definition) is 1. The van der Waals surface area contributed by atoms with Crippen LogP contribution in [0.25, 0.3) is 17.2 Å². The molecule has 0 unspecified atom stereocenters. The Morgan fingerprint density at radius 1 is 0.974 bits per heavy atom. The summed E-state index contributed by atoms with van der Waals surface area (Å²) in [7, 11) is 0. The summed E-state index contributed by atoms with van der Waals surface area (Å²) in [5, 5.41) is 10.3. The molecule has 0 saturated carbocycles. The number of aryl methyl sites for hydroxylation is 1. The lowest BCUT2D eigenvalue weighted by molar-refractivity contribution is 0.0696. The van der Waals surface area contributed by atoms with Crippen molar-refractivity contribution in [3.63, 3.8) is 0 Å². The van der Waals surface area contributed by atoms with Gasteiger partial charge in [-0.2, -0.15) is 0 Å². The molecule has 0 radical (unpaired) electrons. The van der Waals surface area contributed by atoms with E-state index in [0.29, 0.717) is 88.8 Å². The van der Waals surface area contributed by atoms with Crippen LogP contribution in [0.4, 0.5) is 13.2 Å². The van der Waals surface area contributed by atoms with Gasteiger partial charge in [-0.05, 0) is 101 Å². The molecule has 0 aromatic heterocycles. The third-order valence-electron chi connectivity index (χ3n) is 7.20. The Labute approximate surface area is 235 Å². The molecule has 8 heteroatoms. The summed E-state index contributed by atoms with van der Waals surface area (Å²) >= 11 is 12.7. The van der Waals surface area contributed by atoms with Gasteiger partial charge in [0.15, 0.2) is 0 Å². The molecule has 3 aromatic rings. The first-order valence-electron chi connectivity index (χ1n) is 12.8. The van der Waals surface area contributed by atoms with Crippen LogP contribution in [-0.4, -0.2) is 42.3 Å². The Kier molecular flexibility index (Phi) is 8.17. The van der Waals surface area contributed by atoms with Crippen molar-refractivity contribution >= 4 is 46.4 Å². The van der Waals surface area contributed by atoms with Gasteiger partial charge in [-0.3, -0.25) is 9.29 Å². The van der Waals surface area contributed by atoms with Crippen molar-refractivity contribution in [2.45, 2.75) is 25.7 Å². The number of alkyl halides is 1. The van der Waals surface area contributed by atoms with Crippen molar-refractivity contribution in [2.75, 3.05) is 26.3 Å². The number of nitrogens with zero attached hydrogens (tertiary/aromatic N) is 1. The average molecular weight is 572 g/mol. The lowest BCUT2D eigenvalue weighted by Gasteiger charge is -2.33. The second kappa shape index (κ2) is 11.6. The minimum atomic E-state index is -1.07. The van der Waals surface area contributed by atoms with Crippen LogP contribution in [0.1, 0.15) is 57.4 Å². The highest BCUT2D eigenvalue weighted by molar-refractivity contribution is 6.36. The number of halogens is 5. The summed E-state index contributed by atoms with van der Waals surface area (Å²) in [6.07, 6.45) is 3.90. The molecule has 202 valence electrons. The molecular weight excluding hydrogens is 546 g/mol. The SMILES string of the molecule is O=C(O)c1ccc2c(c1)CCCC(c1ccc(Cl)cc1Cl)=C2c1c(F)cc(C=C2CN(CCCF)C2)cc1F. The van der Waals surface area contributed by atoms with Gasteiger partial charge < -0.3 is 5.11 Å². The number of allylic oxidation sites excluding steroid dienone is 1. The van der Waals surface area contributed by atoms with Crippen LogP contribution in [0.3, 0.4) is 0 Å².